The van der Waals surface area contributed by atoms with Gasteiger partial charge in [-0.3, -0.25) is 10.1 Å². The summed E-state index contributed by atoms with van der Waals surface area (Å²) in [6, 6.07) is 2.73. The van der Waals surface area contributed by atoms with Crippen molar-refractivity contribution in [2.24, 2.45) is 0 Å². The van der Waals surface area contributed by atoms with E-state index in [1.165, 1.54) is 6.07 Å². The van der Waals surface area contributed by atoms with E-state index in [1.807, 2.05) is 0 Å². The Morgan fingerprint density at radius 3 is 2.45 bits per heavy atom. The lowest BCUT2D eigenvalue weighted by Gasteiger charge is -2.26. The quantitative estimate of drug-likeness (QED) is 0.589. The highest BCUT2D eigenvalue weighted by molar-refractivity contribution is 5.90. The van der Waals surface area contributed by atoms with E-state index in [0.717, 1.165) is 18.4 Å². The van der Waals surface area contributed by atoms with Gasteiger partial charge in [0.05, 0.1) is 16.7 Å². The SMILES string of the molecule is Cc1cc(C)c([N+](=O)[O-])cc1NC(=O)NC1CCC(O)CC1. The number of nitrogens with zero attached hydrogens (tertiary/aromatic N) is 1. The number of nitrogens with one attached hydrogen (secondary N) is 2. The zero-order valence-electron chi connectivity index (χ0n) is 12.8. The largest absolute Gasteiger partial charge is 0.393 e. The molecule has 1 saturated carbocycles. The molecule has 1 aliphatic rings. The molecular weight excluding hydrogens is 286 g/mol. The van der Waals surface area contributed by atoms with Crippen molar-refractivity contribution < 1.29 is 14.8 Å². The standard InChI is InChI=1S/C15H21N3O4/c1-9-7-10(2)14(18(21)22)8-13(9)17-15(20)16-11-3-5-12(19)6-4-11/h7-8,11-12,19H,3-6H2,1-2H3,(H2,16,17,20). The Kier molecular flexibility index (Phi) is 4.97. The van der Waals surface area contributed by atoms with Gasteiger partial charge in [-0.1, -0.05) is 0 Å². The third kappa shape index (κ3) is 3.94. The molecule has 0 heterocycles. The third-order valence-corrected chi connectivity index (χ3v) is 4.02. The van der Waals surface area contributed by atoms with Crippen molar-refractivity contribution in [3.63, 3.8) is 0 Å². The van der Waals surface area contributed by atoms with Crippen LogP contribution in [0.1, 0.15) is 36.8 Å². The number of carbonyl (C=O) groups is 1. The van der Waals surface area contributed by atoms with Crippen LogP contribution >= 0.6 is 0 Å². The van der Waals surface area contributed by atoms with Crippen molar-refractivity contribution in [2.45, 2.75) is 51.7 Å². The number of hydrogen-bond donors (Lipinski definition) is 3. The maximum absolute atomic E-state index is 12.0. The van der Waals surface area contributed by atoms with Crippen molar-refractivity contribution in [3.8, 4) is 0 Å². The number of benzene rings is 1. The Balaban J connectivity index is 2.02. The van der Waals surface area contributed by atoms with Crippen molar-refractivity contribution in [1.29, 1.82) is 0 Å². The monoisotopic (exact) mass is 307 g/mol. The molecule has 1 fully saturated rings. The summed E-state index contributed by atoms with van der Waals surface area (Å²) in [5.74, 6) is 0. The van der Waals surface area contributed by atoms with Gasteiger partial charge in [0.15, 0.2) is 0 Å². The van der Waals surface area contributed by atoms with Crippen LogP contribution in [0.2, 0.25) is 0 Å². The molecule has 120 valence electrons. The van der Waals surface area contributed by atoms with Crippen LogP contribution < -0.4 is 10.6 Å². The molecule has 1 aromatic rings. The molecule has 22 heavy (non-hydrogen) atoms. The predicted molar refractivity (Wildman–Crippen MR) is 83.0 cm³/mol. The summed E-state index contributed by atoms with van der Waals surface area (Å²) in [5, 5.41) is 25.9. The molecule has 0 spiro atoms. The molecule has 0 unspecified atom stereocenters. The summed E-state index contributed by atoms with van der Waals surface area (Å²) in [7, 11) is 0. The lowest BCUT2D eigenvalue weighted by molar-refractivity contribution is -0.385. The zero-order valence-corrected chi connectivity index (χ0v) is 12.8. The maximum atomic E-state index is 12.0. The number of rotatable bonds is 3. The minimum atomic E-state index is -0.458. The second kappa shape index (κ2) is 6.74. The summed E-state index contributed by atoms with van der Waals surface area (Å²) in [4.78, 5) is 22.5. The second-order valence-electron chi connectivity index (χ2n) is 5.81. The van der Waals surface area contributed by atoms with E-state index >= 15 is 0 Å². The van der Waals surface area contributed by atoms with Crippen LogP contribution in [0, 0.1) is 24.0 Å². The fraction of sp³-hybridized carbons (Fsp3) is 0.533. The Hall–Kier alpha value is -2.15. The van der Waals surface area contributed by atoms with Gasteiger partial charge in [0, 0.05) is 17.7 Å². The van der Waals surface area contributed by atoms with Gasteiger partial charge in [0.1, 0.15) is 0 Å². The number of hydrogen-bond acceptors (Lipinski definition) is 4. The summed E-state index contributed by atoms with van der Waals surface area (Å²) < 4.78 is 0. The Labute approximate surface area is 128 Å². The molecule has 7 heteroatoms. The molecule has 0 aromatic heterocycles. The van der Waals surface area contributed by atoms with Crippen LogP contribution in [0.25, 0.3) is 0 Å². The Bertz CT molecular complexity index is 580. The van der Waals surface area contributed by atoms with Crippen LogP contribution in [-0.2, 0) is 0 Å². The van der Waals surface area contributed by atoms with Gasteiger partial charge in [0.2, 0.25) is 0 Å². The van der Waals surface area contributed by atoms with Crippen LogP contribution in [0.4, 0.5) is 16.2 Å². The van der Waals surface area contributed by atoms with Gasteiger partial charge in [-0.25, -0.2) is 4.79 Å². The van der Waals surface area contributed by atoms with E-state index in [-0.39, 0.29) is 23.9 Å². The van der Waals surface area contributed by atoms with Gasteiger partial charge in [-0.2, -0.15) is 0 Å². The molecule has 2 amide bonds. The van der Waals surface area contributed by atoms with E-state index in [9.17, 15) is 20.0 Å². The van der Waals surface area contributed by atoms with E-state index in [2.05, 4.69) is 10.6 Å². The van der Waals surface area contributed by atoms with Crippen molar-refractivity contribution in [1.82, 2.24) is 5.32 Å². The average molecular weight is 307 g/mol. The molecule has 0 aliphatic heterocycles. The smallest absolute Gasteiger partial charge is 0.319 e. The lowest BCUT2D eigenvalue weighted by atomic mass is 9.93. The van der Waals surface area contributed by atoms with Gasteiger partial charge in [-0.15, -0.1) is 0 Å². The van der Waals surface area contributed by atoms with Crippen molar-refractivity contribution in [2.75, 3.05) is 5.32 Å². The third-order valence-electron chi connectivity index (χ3n) is 4.02. The number of aliphatic hydroxyl groups is 1. The molecule has 1 aliphatic carbocycles. The average Bonchev–Trinajstić information content (AvgIpc) is 2.44. The maximum Gasteiger partial charge on any atom is 0.319 e. The molecular formula is C15H21N3O4. The van der Waals surface area contributed by atoms with Gasteiger partial charge < -0.3 is 15.7 Å². The number of aliphatic hydroxyl groups excluding tert-OH is 1. The Morgan fingerprint density at radius 2 is 1.86 bits per heavy atom. The van der Waals surface area contributed by atoms with Gasteiger partial charge >= 0.3 is 6.03 Å². The van der Waals surface area contributed by atoms with E-state index in [0.29, 0.717) is 24.1 Å². The summed E-state index contributed by atoms with van der Waals surface area (Å²) in [6.07, 6.45) is 2.56. The summed E-state index contributed by atoms with van der Waals surface area (Å²) in [6.45, 7) is 3.46. The summed E-state index contributed by atoms with van der Waals surface area (Å²) >= 11 is 0. The van der Waals surface area contributed by atoms with Gasteiger partial charge in [-0.05, 0) is 51.2 Å². The highest BCUT2D eigenvalue weighted by atomic mass is 16.6. The van der Waals surface area contributed by atoms with Crippen LogP contribution in [0.15, 0.2) is 12.1 Å². The van der Waals surface area contributed by atoms with Crippen molar-refractivity contribution in [3.05, 3.63) is 33.4 Å². The number of urea groups is 1. The number of amides is 2. The molecule has 0 atom stereocenters. The minimum absolute atomic E-state index is 0.0123. The molecule has 0 bridgehead atoms. The fourth-order valence-corrected chi connectivity index (χ4v) is 2.74. The number of nitro benzene ring substituents is 1. The first-order valence-corrected chi connectivity index (χ1v) is 7.38. The first-order valence-electron chi connectivity index (χ1n) is 7.38. The topological polar surface area (TPSA) is 105 Å². The molecule has 7 nitrogen and oxygen atoms in total. The number of nitro groups is 1. The molecule has 0 radical (unpaired) electrons. The fourth-order valence-electron chi connectivity index (χ4n) is 2.74. The number of carbonyl (C=O) groups excluding carboxylic acids is 1. The normalized spacial score (nSPS) is 21.2. The first-order chi connectivity index (χ1) is 10.4. The minimum Gasteiger partial charge on any atom is -0.393 e. The van der Waals surface area contributed by atoms with Crippen LogP contribution in [0.3, 0.4) is 0 Å². The molecule has 2 rings (SSSR count). The lowest BCUT2D eigenvalue weighted by Crippen LogP contribution is -2.41. The molecule has 3 N–H and O–H groups in total. The second-order valence-corrected chi connectivity index (χ2v) is 5.81. The highest BCUT2D eigenvalue weighted by Crippen LogP contribution is 2.26. The summed E-state index contributed by atoms with van der Waals surface area (Å²) in [5.41, 5.74) is 1.76. The molecule has 1 aromatic carbocycles. The van der Waals surface area contributed by atoms with Gasteiger partial charge in [0.25, 0.3) is 5.69 Å². The van der Waals surface area contributed by atoms with Crippen LogP contribution in [0.5, 0.6) is 0 Å². The van der Waals surface area contributed by atoms with Crippen LogP contribution in [-0.4, -0.2) is 28.2 Å². The number of aryl methyl sites for hydroxylation is 2. The number of anilines is 1. The predicted octanol–water partition coefficient (Wildman–Crippen LogP) is 2.64. The van der Waals surface area contributed by atoms with E-state index in [4.69, 9.17) is 0 Å². The van der Waals surface area contributed by atoms with E-state index < -0.39 is 4.92 Å². The molecule has 0 saturated heterocycles. The zero-order chi connectivity index (χ0) is 16.3. The van der Waals surface area contributed by atoms with Crippen molar-refractivity contribution >= 4 is 17.4 Å². The Morgan fingerprint density at radius 1 is 1.23 bits per heavy atom. The van der Waals surface area contributed by atoms with E-state index in [1.54, 1.807) is 19.9 Å². The highest BCUT2D eigenvalue weighted by Gasteiger charge is 2.21. The first kappa shape index (κ1) is 16.2.